The molecule has 0 saturated carbocycles. The third-order valence-corrected chi connectivity index (χ3v) is 21.7. The Hall–Kier alpha value is -4.36. The van der Waals surface area contributed by atoms with Gasteiger partial charge in [-0.05, 0) is 76.5 Å². The van der Waals surface area contributed by atoms with Crippen LogP contribution >= 0.6 is 0 Å². The largest absolute Gasteiger partial charge is 0.457 e. The minimum absolute atomic E-state index is 1.02. The number of hydrogen-bond donors (Lipinski definition) is 0. The molecule has 0 bridgehead atoms. The Morgan fingerprint density at radius 2 is 0.333 bits per heavy atom. The van der Waals surface area contributed by atoms with Gasteiger partial charge in [-0.15, -0.1) is 43.7 Å². The average molecular weight is 928 g/mol. The normalized spacial score (nSPS) is 11.9. The van der Waals surface area contributed by atoms with Crippen molar-refractivity contribution in [3.63, 3.8) is 0 Å². The lowest BCUT2D eigenvalue weighted by molar-refractivity contribution is 0.675. The van der Waals surface area contributed by atoms with Crippen LogP contribution in [0, 0.1) is 0 Å². The second kappa shape index (κ2) is 18.1. The van der Waals surface area contributed by atoms with Crippen LogP contribution in [-0.4, -0.2) is 220 Å². The maximum atomic E-state index is 7.26. The van der Waals surface area contributed by atoms with E-state index in [2.05, 4.69) is 220 Å². The Labute approximate surface area is 472 Å². The number of furan rings is 1. The predicted molar refractivity (Wildman–Crippen MR) is 429 cm³/mol. The smallest absolute Gasteiger partial charge is 0.143 e. The monoisotopic (exact) mass is 933 g/mol. The van der Waals surface area contributed by atoms with Crippen LogP contribution in [0.1, 0.15) is 0 Å². The van der Waals surface area contributed by atoms with Gasteiger partial charge in [0.05, 0.1) is 0 Å². The van der Waals surface area contributed by atoms with Gasteiger partial charge in [-0.3, -0.25) is 0 Å². The van der Waals surface area contributed by atoms with Crippen LogP contribution in [0.5, 0.6) is 0 Å². The Morgan fingerprint density at radius 3 is 0.747 bits per heavy atom. The van der Waals surface area contributed by atoms with Crippen LogP contribution in [-0.2, 0) is 0 Å². The van der Waals surface area contributed by atoms with Crippen LogP contribution in [0.2, 0.25) is 0 Å². The van der Waals surface area contributed by atoms with Crippen LogP contribution in [0.3, 0.4) is 0 Å². The van der Waals surface area contributed by atoms with Crippen molar-refractivity contribution < 1.29 is 4.42 Å². The van der Waals surface area contributed by atoms with Crippen LogP contribution in [0.25, 0.3) is 98.4 Å². The number of hydrogen-bond acceptors (Lipinski definition) is 1. The van der Waals surface area contributed by atoms with E-state index in [4.69, 9.17) is 4.42 Å². The molecule has 0 aliphatic carbocycles. The van der Waals surface area contributed by atoms with Gasteiger partial charge in [-0.25, -0.2) is 0 Å². The first-order valence-electron chi connectivity index (χ1n) is 27.9. The van der Waals surface area contributed by atoms with E-state index in [-0.39, 0.29) is 0 Å². The molecule has 0 fully saturated rings. The molecule has 10 aromatic rings. The number of fused-ring (bicyclic) bond motifs is 8. The SMILES string of the molecule is Bc1c(B)c(-c2c(B)c(B)c3c(B)c(B)c4c(B)c(B)c(B)c(B)c4c3c2B)c(B)c(-c2c3c(B)c(B)c(B)c(B)c3c(-c3c(B)c(B)c(B)c4oc5c(B)c(B)c(B)c(B)c5c34)c3c(B)c(B)c(B)c(B)c23)c1B. The lowest BCUT2D eigenvalue weighted by atomic mass is 9.55. The molecule has 0 amide bonds. The fraction of sp³-hybridized carbons (Fsp3) is 0. The van der Waals surface area contributed by atoms with E-state index in [9.17, 15) is 0 Å². The molecule has 0 aliphatic rings. The van der Waals surface area contributed by atoms with Gasteiger partial charge in [0.2, 0.25) is 0 Å². The van der Waals surface area contributed by atoms with E-state index in [1.165, 1.54) is 240 Å². The van der Waals surface area contributed by atoms with Gasteiger partial charge < -0.3 is 4.42 Å². The molecule has 0 radical (unpaired) electrons. The quantitative estimate of drug-likeness (QED) is 0.0978. The highest BCUT2D eigenvalue weighted by Crippen LogP contribution is 2.43. The van der Waals surface area contributed by atoms with Crippen molar-refractivity contribution in [3.05, 3.63) is 0 Å². The van der Waals surface area contributed by atoms with Gasteiger partial charge in [0, 0.05) is 10.8 Å². The lowest BCUT2D eigenvalue weighted by Crippen LogP contribution is -2.52. The Kier molecular flexibility index (Phi) is 13.0. The Bertz CT molecular complexity index is 4360. The molecule has 1 nitrogen and oxygen atoms in total. The molecule has 1 aromatic heterocycles. The summed E-state index contributed by atoms with van der Waals surface area (Å²) in [6.45, 7) is 0. The molecule has 0 saturated heterocycles. The molecule has 0 aliphatic heterocycles. The Morgan fingerprint density at radius 1 is 0.120 bits per heavy atom. The molecule has 1 heterocycles. The summed E-state index contributed by atoms with van der Waals surface area (Å²) in [7, 11) is 66.5. The molecule has 75 heavy (non-hydrogen) atoms. The molecule has 330 valence electrons. The van der Waals surface area contributed by atoms with E-state index in [0.717, 1.165) is 11.2 Å². The van der Waals surface area contributed by atoms with Crippen LogP contribution < -0.4 is 153 Å². The van der Waals surface area contributed by atoms with Crippen molar-refractivity contribution in [3.8, 4) is 33.4 Å². The topological polar surface area (TPSA) is 13.1 Å². The van der Waals surface area contributed by atoms with Gasteiger partial charge in [-0.2, -0.15) is 0 Å². The molecular formula is C46H56B28O. The Balaban J connectivity index is 1.51. The summed E-state index contributed by atoms with van der Waals surface area (Å²) >= 11 is 0. The number of rotatable bonds is 3. The van der Waals surface area contributed by atoms with E-state index in [0.29, 0.717) is 0 Å². The summed E-state index contributed by atoms with van der Waals surface area (Å²) in [5.41, 5.74) is 48.6. The molecule has 0 N–H and O–H groups in total. The third-order valence-electron chi connectivity index (χ3n) is 21.7. The minimum atomic E-state index is 1.02. The summed E-state index contributed by atoms with van der Waals surface area (Å²) in [5, 5.41) is 13.8. The van der Waals surface area contributed by atoms with Gasteiger partial charge in [0.1, 0.15) is 231 Å². The minimum Gasteiger partial charge on any atom is -0.457 e. The van der Waals surface area contributed by atoms with Crippen LogP contribution in [0.4, 0.5) is 0 Å². The average Bonchev–Trinajstić information content (AvgIpc) is 3.81. The molecule has 0 unspecified atom stereocenters. The fourth-order valence-corrected chi connectivity index (χ4v) is 15.1. The zero-order chi connectivity index (χ0) is 55.3. The highest BCUT2D eigenvalue weighted by atomic mass is 16.3. The van der Waals surface area contributed by atoms with Crippen molar-refractivity contribution in [1.82, 2.24) is 0 Å². The molecular weight excluding hydrogens is 871 g/mol. The summed E-state index contributed by atoms with van der Waals surface area (Å²) in [5.74, 6) is 0. The molecule has 29 heteroatoms. The van der Waals surface area contributed by atoms with E-state index in [1.807, 2.05) is 0 Å². The van der Waals surface area contributed by atoms with Gasteiger partial charge >= 0.3 is 0 Å². The first kappa shape index (κ1) is 54.0. The number of benzene rings is 9. The second-order valence-electron chi connectivity index (χ2n) is 24.3. The summed E-state index contributed by atoms with van der Waals surface area (Å²) in [4.78, 5) is 0. The fourth-order valence-electron chi connectivity index (χ4n) is 15.1. The van der Waals surface area contributed by atoms with Crippen molar-refractivity contribution in [2.45, 2.75) is 0 Å². The summed E-state index contributed by atoms with van der Waals surface area (Å²) in [6.07, 6.45) is 0. The standard InChI is InChI=1S/C46H56B28O/c47-17-8-9-13(30(60)39(69)38(68)24(9)54)27(57)25(55)12(8)26(56)28(58)14(17)15-18(48)11(29(59)33(63)31(15)61)2-5-3(19(49)34(64)36(66)21(5)51)1(4-6(2)22(52)37(67)35(65)20(4)50)7-10-16-32(62)40(70)42(72)44(74)46(16)75-45(10)43(73)41(71)23(7)53/h47-74H2. The second-order valence-corrected chi connectivity index (χ2v) is 24.3. The molecule has 0 atom stereocenters. The highest BCUT2D eigenvalue weighted by Gasteiger charge is 2.32. The van der Waals surface area contributed by atoms with Gasteiger partial charge in [0.15, 0.2) is 0 Å². The maximum Gasteiger partial charge on any atom is 0.143 e. The predicted octanol–water partition coefficient (Wildman–Crippen LogP) is -35.6. The van der Waals surface area contributed by atoms with Crippen molar-refractivity contribution >= 4 is 438 Å². The maximum absolute atomic E-state index is 7.26. The van der Waals surface area contributed by atoms with E-state index < -0.39 is 0 Å². The first-order chi connectivity index (χ1) is 35.0. The highest BCUT2D eigenvalue weighted by molar-refractivity contribution is 6.78. The van der Waals surface area contributed by atoms with Gasteiger partial charge in [0.25, 0.3) is 0 Å². The molecule has 0 spiro atoms. The first-order valence-corrected chi connectivity index (χ1v) is 27.9. The van der Waals surface area contributed by atoms with Crippen molar-refractivity contribution in [1.29, 1.82) is 0 Å². The summed E-state index contributed by atoms with van der Waals surface area (Å²) in [6, 6.07) is 0. The van der Waals surface area contributed by atoms with Gasteiger partial charge in [-0.1, -0.05) is 109 Å². The van der Waals surface area contributed by atoms with Crippen molar-refractivity contribution in [2.24, 2.45) is 0 Å². The zero-order valence-corrected chi connectivity index (χ0v) is 51.4. The third kappa shape index (κ3) is 6.85. The van der Waals surface area contributed by atoms with E-state index in [1.54, 1.807) is 0 Å². The summed E-state index contributed by atoms with van der Waals surface area (Å²) < 4.78 is 7.26. The van der Waals surface area contributed by atoms with E-state index >= 15 is 0 Å². The van der Waals surface area contributed by atoms with Crippen LogP contribution in [0.15, 0.2) is 4.42 Å². The zero-order valence-electron chi connectivity index (χ0n) is 51.4. The molecule has 10 rings (SSSR count). The molecule has 9 aromatic carbocycles. The van der Waals surface area contributed by atoms with Crippen molar-refractivity contribution in [2.75, 3.05) is 0 Å². The lowest BCUT2D eigenvalue weighted by Gasteiger charge is -2.32.